The number of nitrogens with two attached hydrogens (primary N) is 1. The molecule has 0 radical (unpaired) electrons. The molecule has 0 saturated heterocycles. The summed E-state index contributed by atoms with van der Waals surface area (Å²) in [6.07, 6.45) is 1.69. The summed E-state index contributed by atoms with van der Waals surface area (Å²) in [5, 5.41) is 3.90. The normalized spacial score (nSPS) is 12.8. The van der Waals surface area contributed by atoms with Crippen molar-refractivity contribution in [1.29, 1.82) is 0 Å². The zero-order valence-corrected chi connectivity index (χ0v) is 11.8. The molecule has 108 valence electrons. The minimum atomic E-state index is -0.312. The van der Waals surface area contributed by atoms with E-state index in [0.29, 0.717) is 42.1 Å². The molecule has 20 heavy (non-hydrogen) atoms. The summed E-state index contributed by atoms with van der Waals surface area (Å²) in [6.45, 7) is 4.92. The van der Waals surface area contributed by atoms with Gasteiger partial charge < -0.3 is 10.3 Å². The van der Waals surface area contributed by atoms with Gasteiger partial charge in [-0.3, -0.25) is 0 Å². The van der Waals surface area contributed by atoms with Gasteiger partial charge in [0.25, 0.3) is 0 Å². The number of halogens is 1. The van der Waals surface area contributed by atoms with Crippen LogP contribution in [0, 0.1) is 17.7 Å². The van der Waals surface area contributed by atoms with Gasteiger partial charge in [0.1, 0.15) is 5.82 Å². The number of aromatic nitrogens is 2. The van der Waals surface area contributed by atoms with E-state index in [2.05, 4.69) is 24.0 Å². The van der Waals surface area contributed by atoms with E-state index in [1.54, 1.807) is 12.1 Å². The van der Waals surface area contributed by atoms with Crippen LogP contribution in [-0.4, -0.2) is 16.7 Å². The molecule has 2 N–H and O–H groups in total. The minimum absolute atomic E-state index is 0.312. The average Bonchev–Trinajstić information content (AvgIpc) is 2.86. The van der Waals surface area contributed by atoms with E-state index >= 15 is 0 Å². The molecule has 0 bridgehead atoms. The molecule has 0 aliphatic rings. The second-order valence-corrected chi connectivity index (χ2v) is 5.46. The zero-order chi connectivity index (χ0) is 14.5. The molecule has 1 atom stereocenters. The molecule has 0 aliphatic heterocycles. The maximum atomic E-state index is 13.2. The van der Waals surface area contributed by atoms with Crippen LogP contribution in [0.4, 0.5) is 4.39 Å². The predicted octanol–water partition coefficient (Wildman–Crippen LogP) is 3.04. The van der Waals surface area contributed by atoms with Crippen LogP contribution in [0.15, 0.2) is 28.8 Å². The molecule has 0 saturated carbocycles. The summed E-state index contributed by atoms with van der Waals surface area (Å²) < 4.78 is 18.4. The molecule has 0 fully saturated rings. The Morgan fingerprint density at radius 3 is 2.80 bits per heavy atom. The van der Waals surface area contributed by atoms with Crippen LogP contribution in [0.25, 0.3) is 11.4 Å². The Labute approximate surface area is 118 Å². The summed E-state index contributed by atoms with van der Waals surface area (Å²) in [5.41, 5.74) is 6.39. The summed E-state index contributed by atoms with van der Waals surface area (Å²) in [4.78, 5) is 4.32. The number of hydrogen-bond acceptors (Lipinski definition) is 4. The van der Waals surface area contributed by atoms with Crippen molar-refractivity contribution in [2.24, 2.45) is 17.6 Å². The smallest absolute Gasteiger partial charge is 0.227 e. The maximum absolute atomic E-state index is 13.2. The van der Waals surface area contributed by atoms with Crippen LogP contribution < -0.4 is 5.73 Å². The van der Waals surface area contributed by atoms with Crippen LogP contribution in [0.5, 0.6) is 0 Å². The third-order valence-corrected chi connectivity index (χ3v) is 3.15. The van der Waals surface area contributed by atoms with E-state index in [4.69, 9.17) is 10.3 Å². The van der Waals surface area contributed by atoms with E-state index in [9.17, 15) is 4.39 Å². The van der Waals surface area contributed by atoms with Gasteiger partial charge in [0.2, 0.25) is 11.7 Å². The van der Waals surface area contributed by atoms with Crippen LogP contribution in [-0.2, 0) is 6.42 Å². The van der Waals surface area contributed by atoms with Crippen LogP contribution in [0.1, 0.15) is 26.2 Å². The van der Waals surface area contributed by atoms with E-state index in [-0.39, 0.29) is 5.82 Å². The van der Waals surface area contributed by atoms with Gasteiger partial charge in [0.05, 0.1) is 0 Å². The number of rotatable bonds is 6. The fourth-order valence-electron chi connectivity index (χ4n) is 2.26. The van der Waals surface area contributed by atoms with Crippen molar-refractivity contribution < 1.29 is 8.91 Å². The highest BCUT2D eigenvalue weighted by Crippen LogP contribution is 2.20. The summed E-state index contributed by atoms with van der Waals surface area (Å²) in [7, 11) is 0. The van der Waals surface area contributed by atoms with Crippen molar-refractivity contribution in [1.82, 2.24) is 10.1 Å². The highest BCUT2D eigenvalue weighted by Gasteiger charge is 2.15. The van der Waals surface area contributed by atoms with Crippen molar-refractivity contribution in [3.05, 3.63) is 36.0 Å². The first-order valence-electron chi connectivity index (χ1n) is 6.87. The summed E-state index contributed by atoms with van der Waals surface area (Å²) in [6, 6.07) is 6.16. The van der Waals surface area contributed by atoms with Crippen molar-refractivity contribution in [2.45, 2.75) is 26.7 Å². The predicted molar refractivity (Wildman–Crippen MR) is 75.4 cm³/mol. The second-order valence-electron chi connectivity index (χ2n) is 5.46. The molecule has 1 aromatic carbocycles. The Morgan fingerprint density at radius 1 is 1.35 bits per heavy atom. The van der Waals surface area contributed by atoms with E-state index in [1.807, 2.05) is 0 Å². The standard InChI is InChI=1S/C15H20FN3O/c1-10(2)6-11(9-17)7-14-18-15(19-20-14)12-4-3-5-13(16)8-12/h3-5,8,10-11H,6-7,9,17H2,1-2H3. The molecule has 0 aliphatic carbocycles. The van der Waals surface area contributed by atoms with Gasteiger partial charge in [-0.2, -0.15) is 4.98 Å². The molecular weight excluding hydrogens is 257 g/mol. The quantitative estimate of drug-likeness (QED) is 0.881. The Morgan fingerprint density at radius 2 is 2.15 bits per heavy atom. The van der Waals surface area contributed by atoms with Crippen molar-refractivity contribution in [3.63, 3.8) is 0 Å². The van der Waals surface area contributed by atoms with Gasteiger partial charge in [0, 0.05) is 12.0 Å². The highest BCUT2D eigenvalue weighted by atomic mass is 19.1. The highest BCUT2D eigenvalue weighted by molar-refractivity contribution is 5.53. The van der Waals surface area contributed by atoms with Gasteiger partial charge >= 0.3 is 0 Å². The lowest BCUT2D eigenvalue weighted by molar-refractivity contribution is 0.332. The molecule has 0 spiro atoms. The van der Waals surface area contributed by atoms with Gasteiger partial charge in [0.15, 0.2) is 0 Å². The third-order valence-electron chi connectivity index (χ3n) is 3.15. The number of nitrogens with zero attached hydrogens (tertiary/aromatic N) is 2. The Kier molecular flexibility index (Phi) is 4.84. The Hall–Kier alpha value is -1.75. The SMILES string of the molecule is CC(C)CC(CN)Cc1nc(-c2cccc(F)c2)no1. The molecule has 1 unspecified atom stereocenters. The lowest BCUT2D eigenvalue weighted by Gasteiger charge is -2.14. The first-order valence-corrected chi connectivity index (χ1v) is 6.87. The molecular formula is C15H20FN3O. The lowest BCUT2D eigenvalue weighted by atomic mass is 9.94. The minimum Gasteiger partial charge on any atom is -0.339 e. The molecule has 1 aromatic heterocycles. The topological polar surface area (TPSA) is 64.9 Å². The summed E-state index contributed by atoms with van der Waals surface area (Å²) >= 11 is 0. The number of benzene rings is 1. The average molecular weight is 277 g/mol. The fourth-order valence-corrected chi connectivity index (χ4v) is 2.26. The molecule has 2 aromatic rings. The molecule has 2 rings (SSSR count). The largest absolute Gasteiger partial charge is 0.339 e. The van der Waals surface area contributed by atoms with Gasteiger partial charge in [-0.05, 0) is 36.9 Å². The Balaban J connectivity index is 2.09. The zero-order valence-electron chi connectivity index (χ0n) is 11.8. The van der Waals surface area contributed by atoms with Crippen molar-refractivity contribution >= 4 is 0 Å². The van der Waals surface area contributed by atoms with E-state index in [0.717, 1.165) is 6.42 Å². The van der Waals surface area contributed by atoms with E-state index < -0.39 is 0 Å². The maximum Gasteiger partial charge on any atom is 0.227 e. The van der Waals surface area contributed by atoms with Gasteiger partial charge in [-0.15, -0.1) is 0 Å². The first kappa shape index (κ1) is 14.7. The lowest BCUT2D eigenvalue weighted by Crippen LogP contribution is -2.19. The van der Waals surface area contributed by atoms with Crippen LogP contribution in [0.2, 0.25) is 0 Å². The van der Waals surface area contributed by atoms with Gasteiger partial charge in [-0.1, -0.05) is 31.1 Å². The molecule has 0 amide bonds. The van der Waals surface area contributed by atoms with Crippen LogP contribution in [0.3, 0.4) is 0 Å². The molecule has 4 nitrogen and oxygen atoms in total. The van der Waals surface area contributed by atoms with Crippen molar-refractivity contribution in [3.8, 4) is 11.4 Å². The molecule has 1 heterocycles. The third kappa shape index (κ3) is 3.87. The monoisotopic (exact) mass is 277 g/mol. The van der Waals surface area contributed by atoms with E-state index in [1.165, 1.54) is 12.1 Å². The fraction of sp³-hybridized carbons (Fsp3) is 0.467. The molecule has 5 heteroatoms. The van der Waals surface area contributed by atoms with Crippen molar-refractivity contribution in [2.75, 3.05) is 6.54 Å². The van der Waals surface area contributed by atoms with Gasteiger partial charge in [-0.25, -0.2) is 4.39 Å². The van der Waals surface area contributed by atoms with Crippen LogP contribution >= 0.6 is 0 Å². The second kappa shape index (κ2) is 6.61. The summed E-state index contributed by atoms with van der Waals surface area (Å²) in [5.74, 6) is 1.57. The first-order chi connectivity index (χ1) is 9.58. The Bertz CT molecular complexity index is 554. The number of hydrogen-bond donors (Lipinski definition) is 1.